The summed E-state index contributed by atoms with van der Waals surface area (Å²) in [6.07, 6.45) is 2.96. The zero-order valence-corrected chi connectivity index (χ0v) is 16.3. The summed E-state index contributed by atoms with van der Waals surface area (Å²) in [6.45, 7) is 6.91. The van der Waals surface area contributed by atoms with E-state index < -0.39 is 0 Å². The van der Waals surface area contributed by atoms with Crippen molar-refractivity contribution in [3.8, 4) is 11.3 Å². The van der Waals surface area contributed by atoms with Gasteiger partial charge in [0.15, 0.2) is 0 Å². The van der Waals surface area contributed by atoms with Crippen molar-refractivity contribution >= 4 is 21.4 Å². The van der Waals surface area contributed by atoms with Gasteiger partial charge < -0.3 is 4.98 Å². The van der Waals surface area contributed by atoms with Crippen LogP contribution in [0.5, 0.6) is 0 Å². The van der Waals surface area contributed by atoms with E-state index in [2.05, 4.69) is 79.7 Å². The average molecular weight is 361 g/mol. The van der Waals surface area contributed by atoms with Crippen LogP contribution >= 0.6 is 11.3 Å². The molecule has 0 saturated carbocycles. The van der Waals surface area contributed by atoms with Crippen molar-refractivity contribution in [3.05, 3.63) is 77.6 Å². The molecule has 1 atom stereocenters. The fourth-order valence-corrected chi connectivity index (χ4v) is 4.48. The molecule has 0 bridgehead atoms. The Morgan fingerprint density at radius 1 is 1.00 bits per heavy atom. The zero-order chi connectivity index (χ0) is 18.1. The predicted molar refractivity (Wildman–Crippen MR) is 112 cm³/mol. The second kappa shape index (κ2) is 6.73. The summed E-state index contributed by atoms with van der Waals surface area (Å²) < 4.78 is 1.36. The Bertz CT molecular complexity index is 1010. The fraction of sp³-hybridized carbons (Fsp3) is 0.261. The number of thiophene rings is 1. The molecule has 3 heteroatoms. The van der Waals surface area contributed by atoms with Gasteiger partial charge in [0.05, 0.1) is 11.9 Å². The van der Waals surface area contributed by atoms with E-state index >= 15 is 0 Å². The highest BCUT2D eigenvalue weighted by atomic mass is 32.1. The van der Waals surface area contributed by atoms with Crippen LogP contribution in [0.3, 0.4) is 0 Å². The Morgan fingerprint density at radius 3 is 2.50 bits per heavy atom. The van der Waals surface area contributed by atoms with Crippen molar-refractivity contribution in [2.24, 2.45) is 5.41 Å². The highest BCUT2D eigenvalue weighted by molar-refractivity contribution is 7.17. The Balaban J connectivity index is 1.69. The number of rotatable bonds is 4. The highest BCUT2D eigenvalue weighted by Gasteiger charge is 2.29. The Kier molecular flexibility index (Phi) is 4.41. The average Bonchev–Trinajstić information content (AvgIpc) is 3.27. The first-order valence-electron chi connectivity index (χ1n) is 9.08. The third-order valence-electron chi connectivity index (χ3n) is 5.04. The molecule has 2 aromatic heterocycles. The quantitative estimate of drug-likeness (QED) is 0.433. The first kappa shape index (κ1) is 17.0. The van der Waals surface area contributed by atoms with E-state index in [9.17, 15) is 0 Å². The molecule has 26 heavy (non-hydrogen) atoms. The van der Waals surface area contributed by atoms with E-state index in [4.69, 9.17) is 4.98 Å². The molecule has 0 saturated heterocycles. The number of H-pyrrole nitrogens is 1. The minimum Gasteiger partial charge on any atom is -0.342 e. The van der Waals surface area contributed by atoms with Crippen LogP contribution in [0.1, 0.15) is 38.1 Å². The maximum Gasteiger partial charge on any atom is 0.110 e. The van der Waals surface area contributed by atoms with Gasteiger partial charge in [0, 0.05) is 10.6 Å². The number of hydrogen-bond acceptors (Lipinski definition) is 2. The van der Waals surface area contributed by atoms with E-state index in [1.165, 1.54) is 21.2 Å². The van der Waals surface area contributed by atoms with Gasteiger partial charge in [-0.1, -0.05) is 69.3 Å². The van der Waals surface area contributed by atoms with E-state index in [1.807, 2.05) is 23.6 Å². The van der Waals surface area contributed by atoms with Crippen LogP contribution in [0.2, 0.25) is 0 Å². The number of benzene rings is 2. The predicted octanol–water partition coefficient (Wildman–Crippen LogP) is 6.66. The first-order valence-corrected chi connectivity index (χ1v) is 9.96. The normalized spacial score (nSPS) is 13.2. The molecule has 0 spiro atoms. The third-order valence-corrected chi connectivity index (χ3v) is 6.05. The van der Waals surface area contributed by atoms with Crippen LogP contribution in [0, 0.1) is 5.41 Å². The van der Waals surface area contributed by atoms with Gasteiger partial charge in [0.2, 0.25) is 0 Å². The molecule has 0 radical (unpaired) electrons. The molecule has 1 unspecified atom stereocenters. The summed E-state index contributed by atoms with van der Waals surface area (Å²) in [5, 5.41) is 3.69. The van der Waals surface area contributed by atoms with E-state index in [0.717, 1.165) is 17.9 Å². The lowest BCUT2D eigenvalue weighted by Gasteiger charge is -2.29. The van der Waals surface area contributed by atoms with Gasteiger partial charge >= 0.3 is 0 Å². The molecule has 0 amide bonds. The van der Waals surface area contributed by atoms with Crippen molar-refractivity contribution in [2.75, 3.05) is 0 Å². The van der Waals surface area contributed by atoms with Gasteiger partial charge in [0.1, 0.15) is 5.82 Å². The SMILES string of the molecule is CC(C)(C)C(Cc1csc2ccccc12)c1ncc(-c2ccccc2)[nH]1. The van der Waals surface area contributed by atoms with Crippen LogP contribution in [-0.4, -0.2) is 9.97 Å². The highest BCUT2D eigenvalue weighted by Crippen LogP contribution is 2.39. The monoisotopic (exact) mass is 360 g/mol. The minimum absolute atomic E-state index is 0.120. The number of imidazole rings is 1. The van der Waals surface area contributed by atoms with Gasteiger partial charge in [0.25, 0.3) is 0 Å². The second-order valence-corrected chi connectivity index (χ2v) is 8.84. The lowest BCUT2D eigenvalue weighted by molar-refractivity contribution is 0.308. The summed E-state index contributed by atoms with van der Waals surface area (Å²) >= 11 is 1.83. The molecule has 0 aliphatic heterocycles. The van der Waals surface area contributed by atoms with Crippen LogP contribution in [-0.2, 0) is 6.42 Å². The van der Waals surface area contributed by atoms with Crippen molar-refractivity contribution in [1.82, 2.24) is 9.97 Å². The topological polar surface area (TPSA) is 28.7 Å². The van der Waals surface area contributed by atoms with Crippen molar-refractivity contribution < 1.29 is 0 Å². The van der Waals surface area contributed by atoms with E-state index in [-0.39, 0.29) is 5.41 Å². The summed E-state index contributed by atoms with van der Waals surface area (Å²) in [6, 6.07) is 19.1. The summed E-state index contributed by atoms with van der Waals surface area (Å²) in [4.78, 5) is 8.36. The largest absolute Gasteiger partial charge is 0.342 e. The van der Waals surface area contributed by atoms with Gasteiger partial charge in [-0.15, -0.1) is 11.3 Å². The molecule has 2 heterocycles. The maximum absolute atomic E-state index is 4.77. The zero-order valence-electron chi connectivity index (χ0n) is 15.5. The Morgan fingerprint density at radius 2 is 1.73 bits per heavy atom. The third kappa shape index (κ3) is 3.32. The number of hydrogen-bond donors (Lipinski definition) is 1. The minimum atomic E-state index is 0.120. The van der Waals surface area contributed by atoms with Crippen molar-refractivity contribution in [3.63, 3.8) is 0 Å². The summed E-state index contributed by atoms with van der Waals surface area (Å²) in [7, 11) is 0. The molecule has 1 N–H and O–H groups in total. The molecule has 2 aromatic carbocycles. The lowest BCUT2D eigenvalue weighted by atomic mass is 9.76. The number of aromatic nitrogens is 2. The van der Waals surface area contributed by atoms with Crippen LogP contribution in [0.25, 0.3) is 21.3 Å². The fourth-order valence-electron chi connectivity index (χ4n) is 3.50. The molecule has 132 valence electrons. The molecule has 4 aromatic rings. The first-order chi connectivity index (χ1) is 12.5. The maximum atomic E-state index is 4.77. The van der Waals surface area contributed by atoms with Gasteiger partial charge in [-0.2, -0.15) is 0 Å². The van der Waals surface area contributed by atoms with Crippen LogP contribution < -0.4 is 0 Å². The molecule has 0 fully saturated rings. The van der Waals surface area contributed by atoms with E-state index in [0.29, 0.717) is 5.92 Å². The lowest BCUT2D eigenvalue weighted by Crippen LogP contribution is -2.21. The molecule has 0 aliphatic rings. The molecular weight excluding hydrogens is 336 g/mol. The molecule has 2 nitrogen and oxygen atoms in total. The van der Waals surface area contributed by atoms with Gasteiger partial charge in [-0.3, -0.25) is 0 Å². The van der Waals surface area contributed by atoms with Crippen LogP contribution in [0.15, 0.2) is 66.2 Å². The number of fused-ring (bicyclic) bond motifs is 1. The van der Waals surface area contributed by atoms with Gasteiger partial charge in [-0.05, 0) is 39.8 Å². The molecular formula is C23H24N2S. The Hall–Kier alpha value is -2.39. The number of nitrogens with one attached hydrogen (secondary N) is 1. The van der Waals surface area contributed by atoms with E-state index in [1.54, 1.807) is 0 Å². The molecule has 0 aliphatic carbocycles. The Labute approximate surface area is 158 Å². The van der Waals surface area contributed by atoms with Crippen molar-refractivity contribution in [2.45, 2.75) is 33.1 Å². The van der Waals surface area contributed by atoms with Crippen molar-refractivity contribution in [1.29, 1.82) is 0 Å². The number of aromatic amines is 1. The van der Waals surface area contributed by atoms with Gasteiger partial charge in [-0.25, -0.2) is 4.98 Å². The summed E-state index contributed by atoms with van der Waals surface area (Å²) in [5.41, 5.74) is 3.81. The van der Waals surface area contributed by atoms with Crippen LogP contribution in [0.4, 0.5) is 0 Å². The summed E-state index contributed by atoms with van der Waals surface area (Å²) in [5.74, 6) is 1.41. The smallest absolute Gasteiger partial charge is 0.110 e. The number of nitrogens with zero attached hydrogens (tertiary/aromatic N) is 1. The second-order valence-electron chi connectivity index (χ2n) is 7.93. The molecule has 4 rings (SSSR count). The standard InChI is InChI=1S/C23H24N2S/c1-23(2,3)19(13-17-15-26-21-12-8-7-11-18(17)21)22-24-14-20(25-22)16-9-5-4-6-10-16/h4-12,14-15,19H,13H2,1-3H3,(H,24,25).